The summed E-state index contributed by atoms with van der Waals surface area (Å²) >= 11 is 0. The number of allylic oxidation sites excluding steroid dienone is 5. The van der Waals surface area contributed by atoms with Crippen molar-refractivity contribution in [1.82, 2.24) is 10.2 Å². The molecule has 2 nitrogen and oxygen atoms in total. The number of nitrogens with zero attached hydrogens (tertiary/aromatic N) is 1. The van der Waals surface area contributed by atoms with E-state index in [0.717, 1.165) is 19.1 Å². The molecule has 1 aliphatic carbocycles. The molecular weight excluding hydrogens is 263 g/mol. The van der Waals surface area contributed by atoms with E-state index in [1.807, 2.05) is 0 Å². The van der Waals surface area contributed by atoms with Gasteiger partial charge >= 0.3 is 0 Å². The zero-order valence-electron chi connectivity index (χ0n) is 13.0. The monoisotopic (exact) mass is 292 g/mol. The van der Waals surface area contributed by atoms with Crippen LogP contribution in [0.2, 0.25) is 0 Å². The van der Waals surface area contributed by atoms with Crippen LogP contribution in [0, 0.1) is 0 Å². The Balaban J connectivity index is 1.69. The summed E-state index contributed by atoms with van der Waals surface area (Å²) in [6.45, 7) is 5.64. The minimum absolute atomic E-state index is 0.800. The summed E-state index contributed by atoms with van der Waals surface area (Å²) in [7, 11) is 5.14. The van der Waals surface area contributed by atoms with Gasteiger partial charge < -0.3 is 10.2 Å². The molecule has 3 heteroatoms. The van der Waals surface area contributed by atoms with Gasteiger partial charge in [0.15, 0.2) is 0 Å². The fourth-order valence-corrected chi connectivity index (χ4v) is 3.40. The second kappa shape index (κ2) is 8.12. The molecule has 0 bridgehead atoms. The van der Waals surface area contributed by atoms with Crippen molar-refractivity contribution < 1.29 is 0 Å². The first-order valence-corrected chi connectivity index (χ1v) is 8.48. The maximum absolute atomic E-state index is 3.59. The first-order valence-electron chi connectivity index (χ1n) is 7.90. The predicted octanol–water partition coefficient (Wildman–Crippen LogP) is 3.49. The highest BCUT2D eigenvalue weighted by Gasteiger charge is 2.19. The number of hydrogen-bond acceptors (Lipinski definition) is 2. The van der Waals surface area contributed by atoms with E-state index in [0.29, 0.717) is 0 Å². The van der Waals surface area contributed by atoms with Crippen molar-refractivity contribution in [3.8, 4) is 0 Å². The van der Waals surface area contributed by atoms with Gasteiger partial charge in [-0.2, -0.15) is 0 Å². The molecule has 2 rings (SSSR count). The minimum Gasteiger partial charge on any atom is -0.313 e. The predicted molar refractivity (Wildman–Crippen MR) is 92.0 cm³/mol. The van der Waals surface area contributed by atoms with Crippen molar-refractivity contribution in [1.29, 1.82) is 0 Å². The summed E-state index contributed by atoms with van der Waals surface area (Å²) in [4.78, 5) is 2.50. The highest BCUT2D eigenvalue weighted by molar-refractivity contribution is 7.22. The van der Waals surface area contributed by atoms with E-state index < -0.39 is 0 Å². The lowest BCUT2D eigenvalue weighted by molar-refractivity contribution is 0.294. The van der Waals surface area contributed by atoms with Gasteiger partial charge in [-0.3, -0.25) is 0 Å². The fourth-order valence-electron chi connectivity index (χ4n) is 3.06. The molecule has 1 fully saturated rings. The summed E-state index contributed by atoms with van der Waals surface area (Å²) in [5.41, 5.74) is 2.81. The normalized spacial score (nSPS) is 24.8. The van der Waals surface area contributed by atoms with Gasteiger partial charge in [0.05, 0.1) is 0 Å². The van der Waals surface area contributed by atoms with Crippen LogP contribution in [0.5, 0.6) is 0 Å². The minimum atomic E-state index is 0.800. The van der Waals surface area contributed by atoms with Crippen LogP contribution in [0.3, 0.4) is 0 Å². The molecule has 2 aliphatic rings. The molecule has 0 aromatic carbocycles. The van der Waals surface area contributed by atoms with Gasteiger partial charge in [-0.1, -0.05) is 23.8 Å². The van der Waals surface area contributed by atoms with E-state index in [1.54, 1.807) is 0 Å². The molecule has 112 valence electrons. The van der Waals surface area contributed by atoms with Crippen LogP contribution >= 0.6 is 9.24 Å². The topological polar surface area (TPSA) is 15.3 Å². The van der Waals surface area contributed by atoms with Gasteiger partial charge in [0.2, 0.25) is 0 Å². The Morgan fingerprint density at radius 2 is 2.40 bits per heavy atom. The summed E-state index contributed by atoms with van der Waals surface area (Å²) in [5, 5.41) is 5.03. The zero-order chi connectivity index (χ0) is 14.4. The Morgan fingerprint density at radius 3 is 3.10 bits per heavy atom. The highest BCUT2D eigenvalue weighted by atomic mass is 31.0. The zero-order valence-corrected chi connectivity index (χ0v) is 14.1. The second-order valence-corrected chi connectivity index (χ2v) is 6.85. The Labute approximate surface area is 126 Å². The third-order valence-electron chi connectivity index (χ3n) is 4.38. The molecule has 1 aliphatic heterocycles. The van der Waals surface area contributed by atoms with Crippen molar-refractivity contribution in [2.45, 2.75) is 45.1 Å². The highest BCUT2D eigenvalue weighted by Crippen LogP contribution is 2.25. The molecular formula is C17H29N2P. The molecule has 0 radical (unpaired) electrons. The van der Waals surface area contributed by atoms with E-state index in [9.17, 15) is 0 Å². The van der Waals surface area contributed by atoms with Crippen LogP contribution < -0.4 is 5.32 Å². The summed E-state index contributed by atoms with van der Waals surface area (Å²) in [5.74, 6) is 0. The molecule has 0 spiro atoms. The van der Waals surface area contributed by atoms with Crippen LogP contribution in [0.4, 0.5) is 0 Å². The molecule has 1 heterocycles. The van der Waals surface area contributed by atoms with Crippen LogP contribution in [0.1, 0.15) is 39.0 Å². The molecule has 1 N–H and O–H groups in total. The van der Waals surface area contributed by atoms with Crippen LogP contribution in [-0.2, 0) is 0 Å². The maximum atomic E-state index is 3.59. The van der Waals surface area contributed by atoms with Gasteiger partial charge in [-0.05, 0) is 70.1 Å². The molecule has 20 heavy (non-hydrogen) atoms. The van der Waals surface area contributed by atoms with Crippen molar-refractivity contribution in [3.63, 3.8) is 0 Å². The first kappa shape index (κ1) is 15.9. The quantitative estimate of drug-likeness (QED) is 0.595. The van der Waals surface area contributed by atoms with Gasteiger partial charge in [0.1, 0.15) is 0 Å². The van der Waals surface area contributed by atoms with E-state index in [1.165, 1.54) is 55.1 Å². The van der Waals surface area contributed by atoms with Crippen molar-refractivity contribution in [3.05, 3.63) is 34.7 Å². The SMILES string of the molecule is C/C(=C\C1=C(P)CCC=C1)CNCC[C@H]1CCCN1C. The number of rotatable bonds is 6. The smallest absolute Gasteiger partial charge is 0.0165 e. The number of nitrogens with one attached hydrogen (secondary N) is 1. The fraction of sp³-hybridized carbons (Fsp3) is 0.647. The van der Waals surface area contributed by atoms with E-state index in [2.05, 4.69) is 51.7 Å². The molecule has 1 saturated heterocycles. The van der Waals surface area contributed by atoms with E-state index in [4.69, 9.17) is 0 Å². The Kier molecular flexibility index (Phi) is 6.48. The third kappa shape index (κ3) is 4.84. The average molecular weight is 292 g/mol. The Morgan fingerprint density at radius 1 is 1.55 bits per heavy atom. The lowest BCUT2D eigenvalue weighted by Gasteiger charge is -2.19. The van der Waals surface area contributed by atoms with Crippen LogP contribution in [0.25, 0.3) is 0 Å². The lowest BCUT2D eigenvalue weighted by atomic mass is 10.0. The first-order chi connectivity index (χ1) is 9.66. The van der Waals surface area contributed by atoms with Gasteiger partial charge in [0.25, 0.3) is 0 Å². The Bertz CT molecular complexity index is 409. The maximum Gasteiger partial charge on any atom is 0.0165 e. The average Bonchev–Trinajstić information content (AvgIpc) is 2.83. The molecule has 2 atom stereocenters. The van der Waals surface area contributed by atoms with Crippen molar-refractivity contribution >= 4 is 9.24 Å². The standard InChI is InChI=1S/C17H29N2P/c1-14(12-15-6-3-4-8-17(15)20)13-18-10-9-16-7-5-11-19(16)2/h3,6,12,16,18H,4-5,7-11,13,20H2,1-2H3/b14-12+/t16-/m1/s1. The third-order valence-corrected chi connectivity index (χ3v) is 5.00. The van der Waals surface area contributed by atoms with Crippen molar-refractivity contribution in [2.75, 3.05) is 26.7 Å². The summed E-state index contributed by atoms with van der Waals surface area (Å²) in [6, 6.07) is 0.800. The van der Waals surface area contributed by atoms with E-state index in [-0.39, 0.29) is 0 Å². The van der Waals surface area contributed by atoms with Crippen LogP contribution in [-0.4, -0.2) is 37.6 Å². The second-order valence-electron chi connectivity index (χ2n) is 6.15. The number of likely N-dealkylation sites (tertiary alicyclic amines) is 1. The lowest BCUT2D eigenvalue weighted by Crippen LogP contribution is -2.29. The largest absolute Gasteiger partial charge is 0.313 e. The molecule has 1 unspecified atom stereocenters. The van der Waals surface area contributed by atoms with Gasteiger partial charge in [-0.25, -0.2) is 0 Å². The van der Waals surface area contributed by atoms with Gasteiger partial charge in [0, 0.05) is 12.6 Å². The van der Waals surface area contributed by atoms with Crippen LogP contribution in [0.15, 0.2) is 34.7 Å². The molecule has 0 aromatic heterocycles. The van der Waals surface area contributed by atoms with Gasteiger partial charge in [-0.15, -0.1) is 9.24 Å². The summed E-state index contributed by atoms with van der Waals surface area (Å²) < 4.78 is 0. The summed E-state index contributed by atoms with van der Waals surface area (Å²) in [6.07, 6.45) is 13.2. The van der Waals surface area contributed by atoms with Crippen molar-refractivity contribution in [2.24, 2.45) is 0 Å². The molecule has 0 amide bonds. The number of hydrogen-bond donors (Lipinski definition) is 1. The molecule has 0 saturated carbocycles. The molecule has 0 aromatic rings. The Hall–Kier alpha value is -0.430. The van der Waals surface area contributed by atoms with E-state index >= 15 is 0 Å².